The zero-order chi connectivity index (χ0) is 13.9. The van der Waals surface area contributed by atoms with E-state index in [4.69, 9.17) is 0 Å². The number of rotatable bonds is 3. The predicted octanol–water partition coefficient (Wildman–Crippen LogP) is 2.21. The molecule has 0 radical (unpaired) electrons. The van der Waals surface area contributed by atoms with Gasteiger partial charge in [-0.1, -0.05) is 20.8 Å². The Morgan fingerprint density at radius 1 is 1.21 bits per heavy atom. The molecule has 1 aliphatic heterocycles. The SMILES string of the molecule is CN(CC1CCNCC1)c1ncc(C(C)(C)C)cn1. The van der Waals surface area contributed by atoms with E-state index in [1.54, 1.807) is 0 Å². The standard InChI is InChI=1S/C15H26N4/c1-15(2,3)13-9-17-14(18-10-13)19(4)11-12-5-7-16-8-6-12/h9-10,12,16H,5-8,11H2,1-4H3. The first-order chi connectivity index (χ1) is 8.97. The van der Waals surface area contributed by atoms with Crippen molar-refractivity contribution in [1.29, 1.82) is 0 Å². The van der Waals surface area contributed by atoms with Gasteiger partial charge in [0.15, 0.2) is 0 Å². The summed E-state index contributed by atoms with van der Waals surface area (Å²) in [5.41, 5.74) is 1.30. The number of piperidine rings is 1. The molecule has 4 heteroatoms. The maximum absolute atomic E-state index is 4.51. The van der Waals surface area contributed by atoms with Crippen LogP contribution in [-0.2, 0) is 5.41 Å². The second kappa shape index (κ2) is 5.87. The summed E-state index contributed by atoms with van der Waals surface area (Å²) in [6, 6.07) is 0. The first kappa shape index (κ1) is 14.3. The third-order valence-corrected chi connectivity index (χ3v) is 3.84. The summed E-state index contributed by atoms with van der Waals surface area (Å²) >= 11 is 0. The topological polar surface area (TPSA) is 41.0 Å². The van der Waals surface area contributed by atoms with Crippen LogP contribution in [0.4, 0.5) is 5.95 Å². The lowest BCUT2D eigenvalue weighted by Crippen LogP contribution is -2.35. The molecule has 0 bridgehead atoms. The molecular weight excluding hydrogens is 236 g/mol. The Bertz CT molecular complexity index is 388. The number of hydrogen-bond acceptors (Lipinski definition) is 4. The molecule has 0 saturated carbocycles. The maximum Gasteiger partial charge on any atom is 0.225 e. The third kappa shape index (κ3) is 3.90. The summed E-state index contributed by atoms with van der Waals surface area (Å²) in [6.07, 6.45) is 6.43. The lowest BCUT2D eigenvalue weighted by atomic mass is 9.89. The third-order valence-electron chi connectivity index (χ3n) is 3.84. The quantitative estimate of drug-likeness (QED) is 0.907. The van der Waals surface area contributed by atoms with E-state index in [0.717, 1.165) is 31.5 Å². The maximum atomic E-state index is 4.51. The van der Waals surface area contributed by atoms with Crippen molar-refractivity contribution in [2.24, 2.45) is 5.92 Å². The van der Waals surface area contributed by atoms with E-state index in [1.807, 2.05) is 12.4 Å². The number of anilines is 1. The summed E-state index contributed by atoms with van der Waals surface area (Å²) in [5.74, 6) is 1.60. The van der Waals surface area contributed by atoms with Gasteiger partial charge in [0, 0.05) is 26.0 Å². The van der Waals surface area contributed by atoms with Gasteiger partial charge < -0.3 is 10.2 Å². The first-order valence-corrected chi connectivity index (χ1v) is 7.21. The lowest BCUT2D eigenvalue weighted by Gasteiger charge is -2.28. The Morgan fingerprint density at radius 3 is 2.32 bits per heavy atom. The summed E-state index contributed by atoms with van der Waals surface area (Å²) in [7, 11) is 2.09. The summed E-state index contributed by atoms with van der Waals surface area (Å²) < 4.78 is 0. The number of nitrogens with zero attached hydrogens (tertiary/aromatic N) is 3. The van der Waals surface area contributed by atoms with Gasteiger partial charge in [-0.2, -0.15) is 0 Å². The normalized spacial score (nSPS) is 17.5. The molecule has 1 saturated heterocycles. The first-order valence-electron chi connectivity index (χ1n) is 7.21. The molecule has 1 aromatic rings. The lowest BCUT2D eigenvalue weighted by molar-refractivity contribution is 0.376. The fraction of sp³-hybridized carbons (Fsp3) is 0.733. The highest BCUT2D eigenvalue weighted by Gasteiger charge is 2.18. The van der Waals surface area contributed by atoms with Crippen LogP contribution in [-0.4, -0.2) is 36.6 Å². The molecule has 0 aliphatic carbocycles. The highest BCUT2D eigenvalue weighted by atomic mass is 15.2. The van der Waals surface area contributed by atoms with E-state index in [2.05, 4.69) is 48.0 Å². The highest BCUT2D eigenvalue weighted by Crippen LogP contribution is 2.21. The molecule has 0 spiro atoms. The molecule has 19 heavy (non-hydrogen) atoms. The van der Waals surface area contributed by atoms with Gasteiger partial charge in [0.05, 0.1) is 0 Å². The van der Waals surface area contributed by atoms with Crippen molar-refractivity contribution in [1.82, 2.24) is 15.3 Å². The average molecular weight is 262 g/mol. The minimum Gasteiger partial charge on any atom is -0.344 e. The van der Waals surface area contributed by atoms with E-state index in [1.165, 1.54) is 18.4 Å². The van der Waals surface area contributed by atoms with Crippen molar-refractivity contribution in [2.75, 3.05) is 31.6 Å². The van der Waals surface area contributed by atoms with Gasteiger partial charge in [-0.05, 0) is 42.8 Å². The van der Waals surface area contributed by atoms with Crippen LogP contribution < -0.4 is 10.2 Å². The van der Waals surface area contributed by atoms with Gasteiger partial charge in [-0.25, -0.2) is 9.97 Å². The van der Waals surface area contributed by atoms with Gasteiger partial charge in [0.2, 0.25) is 5.95 Å². The molecular formula is C15H26N4. The van der Waals surface area contributed by atoms with Crippen LogP contribution in [0.25, 0.3) is 0 Å². The molecule has 106 valence electrons. The molecule has 0 amide bonds. The van der Waals surface area contributed by atoms with Crippen LogP contribution in [0.3, 0.4) is 0 Å². The molecule has 1 aliphatic rings. The Hall–Kier alpha value is -1.16. The molecule has 4 nitrogen and oxygen atoms in total. The summed E-state index contributed by atoms with van der Waals surface area (Å²) in [5, 5.41) is 3.40. The van der Waals surface area contributed by atoms with E-state index in [-0.39, 0.29) is 5.41 Å². The molecule has 2 heterocycles. The van der Waals surface area contributed by atoms with Gasteiger partial charge in [-0.3, -0.25) is 0 Å². The largest absolute Gasteiger partial charge is 0.344 e. The van der Waals surface area contributed by atoms with E-state index < -0.39 is 0 Å². The van der Waals surface area contributed by atoms with Crippen LogP contribution >= 0.6 is 0 Å². The minimum atomic E-state index is 0.117. The molecule has 1 fully saturated rings. The molecule has 2 rings (SSSR count). The summed E-state index contributed by atoms with van der Waals surface area (Å²) in [4.78, 5) is 11.2. The predicted molar refractivity (Wildman–Crippen MR) is 79.6 cm³/mol. The van der Waals surface area contributed by atoms with Gasteiger partial charge in [0.1, 0.15) is 0 Å². The van der Waals surface area contributed by atoms with Crippen LogP contribution in [0.15, 0.2) is 12.4 Å². The van der Waals surface area contributed by atoms with Crippen molar-refractivity contribution in [3.8, 4) is 0 Å². The molecule has 1 N–H and O–H groups in total. The van der Waals surface area contributed by atoms with Gasteiger partial charge in [-0.15, -0.1) is 0 Å². The highest BCUT2D eigenvalue weighted by molar-refractivity contribution is 5.30. The molecule has 0 aromatic carbocycles. The van der Waals surface area contributed by atoms with E-state index in [9.17, 15) is 0 Å². The molecule has 0 unspecified atom stereocenters. The van der Waals surface area contributed by atoms with Crippen molar-refractivity contribution >= 4 is 5.95 Å². The van der Waals surface area contributed by atoms with E-state index in [0.29, 0.717) is 0 Å². The fourth-order valence-corrected chi connectivity index (χ4v) is 2.44. The van der Waals surface area contributed by atoms with Crippen LogP contribution in [0.1, 0.15) is 39.2 Å². The minimum absolute atomic E-state index is 0.117. The van der Waals surface area contributed by atoms with Crippen LogP contribution in [0.2, 0.25) is 0 Å². The van der Waals surface area contributed by atoms with Crippen molar-refractivity contribution in [3.05, 3.63) is 18.0 Å². The Labute approximate surface area is 116 Å². The molecule has 0 atom stereocenters. The zero-order valence-electron chi connectivity index (χ0n) is 12.6. The average Bonchev–Trinajstić information content (AvgIpc) is 2.39. The van der Waals surface area contributed by atoms with Gasteiger partial charge >= 0.3 is 0 Å². The van der Waals surface area contributed by atoms with Crippen LogP contribution in [0.5, 0.6) is 0 Å². The number of nitrogens with one attached hydrogen (secondary N) is 1. The van der Waals surface area contributed by atoms with Gasteiger partial charge in [0.25, 0.3) is 0 Å². The zero-order valence-corrected chi connectivity index (χ0v) is 12.6. The second-order valence-electron chi connectivity index (χ2n) is 6.60. The Kier molecular flexibility index (Phi) is 4.40. The molecule has 1 aromatic heterocycles. The monoisotopic (exact) mass is 262 g/mol. The Balaban J connectivity index is 1.97. The number of hydrogen-bond donors (Lipinski definition) is 1. The van der Waals surface area contributed by atoms with E-state index >= 15 is 0 Å². The van der Waals surface area contributed by atoms with Crippen molar-refractivity contribution in [2.45, 2.75) is 39.0 Å². The fourth-order valence-electron chi connectivity index (χ4n) is 2.44. The van der Waals surface area contributed by atoms with Crippen molar-refractivity contribution < 1.29 is 0 Å². The number of aromatic nitrogens is 2. The van der Waals surface area contributed by atoms with Crippen molar-refractivity contribution in [3.63, 3.8) is 0 Å². The van der Waals surface area contributed by atoms with Crippen LogP contribution in [0, 0.1) is 5.92 Å². The smallest absolute Gasteiger partial charge is 0.225 e. The second-order valence-corrected chi connectivity index (χ2v) is 6.60. The Morgan fingerprint density at radius 2 is 1.79 bits per heavy atom. The summed E-state index contributed by atoms with van der Waals surface area (Å²) in [6.45, 7) is 9.89.